The van der Waals surface area contributed by atoms with Crippen molar-refractivity contribution >= 4 is 20.7 Å². The summed E-state index contributed by atoms with van der Waals surface area (Å²) in [7, 11) is -1.77. The fourth-order valence-electron chi connectivity index (χ4n) is 1.47. The van der Waals surface area contributed by atoms with E-state index in [1.165, 1.54) is 0 Å². The summed E-state index contributed by atoms with van der Waals surface area (Å²) >= 11 is 0. The van der Waals surface area contributed by atoms with Gasteiger partial charge in [-0.1, -0.05) is 40.0 Å². The molecule has 0 bridgehead atoms. The van der Waals surface area contributed by atoms with Crippen LogP contribution in [0.4, 0.5) is 0 Å². The van der Waals surface area contributed by atoms with Gasteiger partial charge in [0.1, 0.15) is 0 Å². The molecule has 18 heavy (non-hydrogen) atoms. The molecular formula is C13H28N2O2Si. The third kappa shape index (κ3) is 9.21. The Morgan fingerprint density at radius 2 is 1.28 bits per heavy atom. The quantitative estimate of drug-likeness (QED) is 0.343. The summed E-state index contributed by atoms with van der Waals surface area (Å²) < 4.78 is 11.0. The lowest BCUT2D eigenvalue weighted by molar-refractivity contribution is 0.209. The first-order valence-corrected chi connectivity index (χ1v) is 8.78. The van der Waals surface area contributed by atoms with Crippen LogP contribution >= 0.6 is 0 Å². The van der Waals surface area contributed by atoms with Gasteiger partial charge in [0, 0.05) is 6.04 Å². The smallest absolute Gasteiger partial charge is 0.411 e. The van der Waals surface area contributed by atoms with Crippen LogP contribution in [0.2, 0.25) is 6.04 Å². The standard InChI is InChI=1S/C13H28N2O2Si/c1-6-9-12(4)14-16-18(11-8-3)17-15-13(5)10-7-2/h18H,6-11H2,1-5H3. The van der Waals surface area contributed by atoms with Gasteiger partial charge in [-0.15, -0.1) is 10.3 Å². The molecule has 0 unspecified atom stereocenters. The molecule has 0 aliphatic carbocycles. The van der Waals surface area contributed by atoms with Gasteiger partial charge in [0.05, 0.1) is 11.4 Å². The molecule has 106 valence electrons. The number of oxime groups is 2. The molecule has 0 heterocycles. The Kier molecular flexibility index (Phi) is 10.7. The van der Waals surface area contributed by atoms with E-state index in [0.717, 1.165) is 49.6 Å². The maximum Gasteiger partial charge on any atom is 0.494 e. The normalized spacial score (nSPS) is 14.5. The maximum atomic E-state index is 5.52. The van der Waals surface area contributed by atoms with Crippen LogP contribution in [-0.2, 0) is 9.05 Å². The van der Waals surface area contributed by atoms with Gasteiger partial charge in [-0.3, -0.25) is 0 Å². The molecule has 0 saturated heterocycles. The summed E-state index contributed by atoms with van der Waals surface area (Å²) in [5.41, 5.74) is 2.06. The van der Waals surface area contributed by atoms with Gasteiger partial charge in [0.2, 0.25) is 0 Å². The molecule has 0 radical (unpaired) electrons. The van der Waals surface area contributed by atoms with Gasteiger partial charge in [0.25, 0.3) is 0 Å². The molecule has 4 nitrogen and oxygen atoms in total. The highest BCUT2D eigenvalue weighted by molar-refractivity contribution is 6.44. The van der Waals surface area contributed by atoms with Crippen molar-refractivity contribution < 1.29 is 9.05 Å². The zero-order valence-electron chi connectivity index (χ0n) is 12.5. The number of rotatable bonds is 10. The SMILES string of the molecule is CCCC(C)=NO[SiH](CCC)ON=C(C)CCC. The zero-order chi connectivity index (χ0) is 13.8. The Hall–Kier alpha value is -0.843. The fourth-order valence-corrected chi connectivity index (χ4v) is 2.79. The monoisotopic (exact) mass is 272 g/mol. The molecule has 0 amide bonds. The minimum absolute atomic E-state index is 0.936. The van der Waals surface area contributed by atoms with E-state index < -0.39 is 9.28 Å². The summed E-state index contributed by atoms with van der Waals surface area (Å²) in [5.74, 6) is 0. The molecule has 0 saturated carbocycles. The van der Waals surface area contributed by atoms with Crippen molar-refractivity contribution in [1.82, 2.24) is 0 Å². The average molecular weight is 272 g/mol. The Balaban J connectivity index is 4.21. The summed E-state index contributed by atoms with van der Waals surface area (Å²) in [4.78, 5) is 0. The second-order valence-corrected chi connectivity index (χ2v) is 6.44. The van der Waals surface area contributed by atoms with Crippen molar-refractivity contribution in [3.63, 3.8) is 0 Å². The summed E-state index contributed by atoms with van der Waals surface area (Å²) in [6.45, 7) is 10.4. The lowest BCUT2D eigenvalue weighted by Gasteiger charge is -2.11. The lowest BCUT2D eigenvalue weighted by atomic mass is 10.2. The highest BCUT2D eigenvalue weighted by Crippen LogP contribution is 2.05. The van der Waals surface area contributed by atoms with Gasteiger partial charge in [0.15, 0.2) is 0 Å². The van der Waals surface area contributed by atoms with Gasteiger partial charge < -0.3 is 9.05 Å². The van der Waals surface area contributed by atoms with E-state index >= 15 is 0 Å². The Morgan fingerprint density at radius 1 is 0.833 bits per heavy atom. The summed E-state index contributed by atoms with van der Waals surface area (Å²) in [6.07, 6.45) is 5.18. The highest BCUT2D eigenvalue weighted by atomic mass is 28.3. The third-order valence-electron chi connectivity index (χ3n) is 2.40. The van der Waals surface area contributed by atoms with E-state index in [9.17, 15) is 0 Å². The average Bonchev–Trinajstić information content (AvgIpc) is 2.33. The van der Waals surface area contributed by atoms with E-state index in [1.807, 2.05) is 13.8 Å². The highest BCUT2D eigenvalue weighted by Gasteiger charge is 2.15. The first-order chi connectivity index (χ1) is 8.63. The second kappa shape index (κ2) is 11.3. The van der Waals surface area contributed by atoms with Crippen LogP contribution in [0.1, 0.15) is 66.7 Å². The molecule has 0 atom stereocenters. The van der Waals surface area contributed by atoms with Crippen LogP contribution in [0.3, 0.4) is 0 Å². The zero-order valence-corrected chi connectivity index (χ0v) is 13.7. The van der Waals surface area contributed by atoms with Crippen molar-refractivity contribution in [1.29, 1.82) is 0 Å². The van der Waals surface area contributed by atoms with E-state index in [0.29, 0.717) is 0 Å². The number of hydrogen-bond donors (Lipinski definition) is 0. The van der Waals surface area contributed by atoms with Gasteiger partial charge >= 0.3 is 9.28 Å². The Labute approximate surface area is 113 Å². The Morgan fingerprint density at radius 3 is 1.61 bits per heavy atom. The van der Waals surface area contributed by atoms with E-state index in [-0.39, 0.29) is 0 Å². The summed E-state index contributed by atoms with van der Waals surface area (Å²) in [6, 6.07) is 0.936. The lowest BCUT2D eigenvalue weighted by Crippen LogP contribution is -2.19. The van der Waals surface area contributed by atoms with Crippen molar-refractivity contribution in [2.75, 3.05) is 0 Å². The van der Waals surface area contributed by atoms with E-state index in [1.54, 1.807) is 0 Å². The molecule has 0 aliphatic rings. The van der Waals surface area contributed by atoms with Crippen LogP contribution in [-0.4, -0.2) is 20.7 Å². The second-order valence-electron chi connectivity index (χ2n) is 4.58. The molecule has 0 aromatic heterocycles. The molecule has 0 aromatic rings. The molecule has 0 spiro atoms. The van der Waals surface area contributed by atoms with Crippen LogP contribution in [0.5, 0.6) is 0 Å². The van der Waals surface area contributed by atoms with E-state index in [2.05, 4.69) is 31.1 Å². The molecule has 0 fully saturated rings. The maximum absolute atomic E-state index is 5.52. The summed E-state index contributed by atoms with van der Waals surface area (Å²) in [5, 5.41) is 8.28. The van der Waals surface area contributed by atoms with E-state index in [4.69, 9.17) is 9.05 Å². The van der Waals surface area contributed by atoms with Crippen LogP contribution in [0.25, 0.3) is 0 Å². The Bertz CT molecular complexity index is 244. The minimum atomic E-state index is -1.77. The molecule has 0 rings (SSSR count). The fraction of sp³-hybridized carbons (Fsp3) is 0.846. The van der Waals surface area contributed by atoms with Crippen LogP contribution in [0.15, 0.2) is 10.3 Å². The first kappa shape index (κ1) is 17.2. The predicted molar refractivity (Wildman–Crippen MR) is 80.5 cm³/mol. The van der Waals surface area contributed by atoms with Gasteiger partial charge in [-0.05, 0) is 26.7 Å². The van der Waals surface area contributed by atoms with Crippen LogP contribution in [0, 0.1) is 0 Å². The minimum Gasteiger partial charge on any atom is -0.411 e. The molecule has 5 heteroatoms. The van der Waals surface area contributed by atoms with Gasteiger partial charge in [-0.2, -0.15) is 0 Å². The van der Waals surface area contributed by atoms with Crippen LogP contribution < -0.4 is 0 Å². The predicted octanol–water partition coefficient (Wildman–Crippen LogP) is 4.00. The topological polar surface area (TPSA) is 43.2 Å². The van der Waals surface area contributed by atoms with Crippen molar-refractivity contribution in [3.8, 4) is 0 Å². The molecule has 0 aromatic carbocycles. The number of hydrogen-bond acceptors (Lipinski definition) is 4. The van der Waals surface area contributed by atoms with Gasteiger partial charge in [-0.25, -0.2) is 0 Å². The third-order valence-corrected chi connectivity index (χ3v) is 4.13. The largest absolute Gasteiger partial charge is 0.494 e. The molecule has 0 N–H and O–H groups in total. The van der Waals surface area contributed by atoms with Crippen molar-refractivity contribution in [3.05, 3.63) is 0 Å². The van der Waals surface area contributed by atoms with Crippen molar-refractivity contribution in [2.45, 2.75) is 72.8 Å². The van der Waals surface area contributed by atoms with Crippen molar-refractivity contribution in [2.24, 2.45) is 10.3 Å². The number of nitrogens with zero attached hydrogens (tertiary/aromatic N) is 2. The first-order valence-electron chi connectivity index (χ1n) is 7.02. The molecule has 0 aliphatic heterocycles. The molecular weight excluding hydrogens is 244 g/mol.